The molecule has 1 saturated heterocycles. The van der Waals surface area contributed by atoms with Gasteiger partial charge >= 0.3 is 7.82 Å². The number of aliphatic hydroxyl groups excluding tert-OH is 2. The van der Waals surface area contributed by atoms with Crippen molar-refractivity contribution in [2.45, 2.75) is 153 Å². The number of nitrogens with two attached hydrogens (primary N) is 1. The second kappa shape index (κ2) is 25.4. The Hall–Kier alpha value is -3.60. The number of benzene rings is 1. The Labute approximate surface area is 355 Å². The van der Waals surface area contributed by atoms with Crippen molar-refractivity contribution in [3.63, 3.8) is 0 Å². The normalized spacial score (nSPS) is 20.5. The number of unbranched alkanes of at least 4 members (excludes halogenated alkanes) is 15. The van der Waals surface area contributed by atoms with E-state index < -0.39 is 44.4 Å². The van der Waals surface area contributed by atoms with Gasteiger partial charge in [0.2, 0.25) is 5.60 Å². The molecule has 2 aromatic heterocycles. The summed E-state index contributed by atoms with van der Waals surface area (Å²) in [4.78, 5) is 10.7. The van der Waals surface area contributed by atoms with E-state index in [4.69, 9.17) is 33.7 Å². The van der Waals surface area contributed by atoms with E-state index in [0.29, 0.717) is 34.7 Å². The molecule has 332 valence electrons. The summed E-state index contributed by atoms with van der Waals surface area (Å²) >= 11 is 0. The van der Waals surface area contributed by atoms with Gasteiger partial charge < -0.3 is 39.8 Å². The maximum atomic E-state index is 13.1. The minimum atomic E-state index is -4.79. The average molecular weight is 856 g/mol. The first-order valence-electron chi connectivity index (χ1n) is 21.6. The number of nitrogen functional groups attached to an aromatic ring is 1. The monoisotopic (exact) mass is 855 g/mol. The van der Waals surface area contributed by atoms with E-state index in [-0.39, 0.29) is 25.5 Å². The lowest BCUT2D eigenvalue weighted by Gasteiger charge is -2.24. The first-order valence-corrected chi connectivity index (χ1v) is 23.1. The third-order valence-corrected chi connectivity index (χ3v) is 12.0. The lowest BCUT2D eigenvalue weighted by Crippen LogP contribution is -2.41. The van der Waals surface area contributed by atoms with Gasteiger partial charge in [0, 0.05) is 12.8 Å². The van der Waals surface area contributed by atoms with Crippen LogP contribution in [-0.4, -0.2) is 82.7 Å². The van der Waals surface area contributed by atoms with E-state index in [1.54, 1.807) is 31.2 Å². The maximum absolute atomic E-state index is 13.1. The van der Waals surface area contributed by atoms with Crippen LogP contribution < -0.4 is 10.5 Å². The van der Waals surface area contributed by atoms with Gasteiger partial charge in [-0.15, -0.1) is 0 Å². The third kappa shape index (κ3) is 14.2. The Morgan fingerprint density at radius 1 is 0.933 bits per heavy atom. The summed E-state index contributed by atoms with van der Waals surface area (Å²) in [5, 5.41) is 45.8. The highest BCUT2D eigenvalue weighted by molar-refractivity contribution is 7.47. The Kier molecular flexibility index (Phi) is 20.7. The van der Waals surface area contributed by atoms with Gasteiger partial charge in [-0.25, -0.2) is 9.08 Å². The van der Waals surface area contributed by atoms with Crippen molar-refractivity contribution in [1.82, 2.24) is 9.61 Å². The number of nitriles is 2. The van der Waals surface area contributed by atoms with E-state index in [2.05, 4.69) is 18.1 Å². The van der Waals surface area contributed by atoms with E-state index in [1.807, 2.05) is 6.07 Å². The predicted molar refractivity (Wildman–Crippen MR) is 227 cm³/mol. The van der Waals surface area contributed by atoms with Gasteiger partial charge in [-0.1, -0.05) is 109 Å². The van der Waals surface area contributed by atoms with E-state index in [1.165, 1.54) is 107 Å². The molecule has 60 heavy (non-hydrogen) atoms. The van der Waals surface area contributed by atoms with E-state index in [0.717, 1.165) is 24.8 Å². The molecule has 0 aliphatic carbocycles. The second-order valence-electron chi connectivity index (χ2n) is 15.7. The molecule has 1 unspecified atom stereocenters. The number of ether oxygens (including phenoxy) is 4. The molecule has 16 heteroatoms. The molecule has 0 amide bonds. The minimum absolute atomic E-state index is 0.0658. The van der Waals surface area contributed by atoms with E-state index in [9.17, 15) is 30.2 Å². The van der Waals surface area contributed by atoms with Crippen LogP contribution in [-0.2, 0) is 40.0 Å². The first-order chi connectivity index (χ1) is 29.0. The lowest BCUT2D eigenvalue weighted by molar-refractivity contribution is -0.0690. The second-order valence-corrected chi connectivity index (χ2v) is 17.2. The molecule has 6 atom stereocenters. The molecule has 1 aromatic carbocycles. The van der Waals surface area contributed by atoms with Crippen molar-refractivity contribution in [3.05, 3.63) is 58.9 Å². The molecule has 1 aliphatic rings. The van der Waals surface area contributed by atoms with Crippen molar-refractivity contribution >= 4 is 19.0 Å². The van der Waals surface area contributed by atoms with Crippen molar-refractivity contribution in [2.24, 2.45) is 0 Å². The quantitative estimate of drug-likeness (QED) is 0.0369. The fourth-order valence-corrected chi connectivity index (χ4v) is 8.32. The fraction of sp³-hybridized carbons (Fsp3) is 0.659. The van der Waals surface area contributed by atoms with Gasteiger partial charge in [-0.3, -0.25) is 9.05 Å². The van der Waals surface area contributed by atoms with Crippen LogP contribution in [0.4, 0.5) is 5.69 Å². The van der Waals surface area contributed by atoms with Gasteiger partial charge in [-0.05, 0) is 48.7 Å². The van der Waals surface area contributed by atoms with Crippen LogP contribution in [0.25, 0.3) is 5.52 Å². The van der Waals surface area contributed by atoms with Crippen LogP contribution in [0.2, 0.25) is 0 Å². The van der Waals surface area contributed by atoms with Crippen LogP contribution in [0.1, 0.15) is 132 Å². The van der Waals surface area contributed by atoms with Crippen molar-refractivity contribution in [3.8, 4) is 17.9 Å². The predicted octanol–water partition coefficient (Wildman–Crippen LogP) is 7.94. The number of methoxy groups -OCH3 is 1. The van der Waals surface area contributed by atoms with Crippen LogP contribution in [0, 0.1) is 29.6 Å². The summed E-state index contributed by atoms with van der Waals surface area (Å²) in [7, 11) is -3.31. The van der Waals surface area contributed by atoms with Crippen LogP contribution in [0.5, 0.6) is 5.75 Å². The third-order valence-electron chi connectivity index (χ3n) is 11.0. The maximum Gasteiger partial charge on any atom is 0.472 e. The number of aromatic nitrogens is 2. The summed E-state index contributed by atoms with van der Waals surface area (Å²) in [5.41, 5.74) is 6.73. The number of anilines is 1. The Morgan fingerprint density at radius 2 is 1.57 bits per heavy atom. The fourth-order valence-electron chi connectivity index (χ4n) is 7.56. The zero-order chi connectivity index (χ0) is 43.4. The molecule has 15 nitrogen and oxygen atoms in total. The molecule has 4 rings (SSSR count). The van der Waals surface area contributed by atoms with Crippen LogP contribution in [0.15, 0.2) is 36.5 Å². The number of aryl methyl sites for hydroxylation is 1. The number of phosphoric acid groups is 1. The zero-order valence-electron chi connectivity index (χ0n) is 35.6. The molecule has 5 N–H and O–H groups in total. The molecular weight excluding hydrogens is 789 g/mol. The summed E-state index contributed by atoms with van der Waals surface area (Å²) < 4.78 is 48.3. The largest absolute Gasteiger partial charge is 0.495 e. The smallest absolute Gasteiger partial charge is 0.472 e. The standard InChI is InChI=1S/C44H66N5O10P/c1-4-5-6-7-8-9-10-11-12-13-14-15-16-17-18-19-24-55-29-35(56-28-34-25-33(2)36(27-45)39(26-34)54-3)30-57-60(52,53)58-31-40-42(50)43(51)44(32-46,59-40)41-21-20-38-37(47)22-23-48-49(38)41/h20-23,25-26,35,40,42-43,50-51H,4-19,24,28-31,47H2,1-3H3,(H,52,53)/t35-,40-,42-,43-,44+/m1/s1. The molecular formula is C44H66N5O10P. The molecule has 1 aliphatic heterocycles. The molecule has 3 aromatic rings. The highest BCUT2D eigenvalue weighted by Gasteiger charge is 2.58. The average Bonchev–Trinajstić information content (AvgIpc) is 3.79. The minimum Gasteiger partial charge on any atom is -0.495 e. The number of aliphatic hydroxyl groups is 2. The molecule has 1 fully saturated rings. The Balaban J connectivity index is 1.23. The van der Waals surface area contributed by atoms with Gasteiger partial charge in [0.05, 0.1) is 56.0 Å². The molecule has 0 saturated carbocycles. The molecule has 0 bridgehead atoms. The van der Waals surface area contributed by atoms with Crippen molar-refractivity contribution in [2.75, 3.05) is 39.3 Å². The molecule has 0 spiro atoms. The molecule has 3 heterocycles. The molecule has 0 radical (unpaired) electrons. The van der Waals surface area contributed by atoms with Gasteiger partial charge in [-0.2, -0.15) is 15.6 Å². The number of fused-ring (bicyclic) bond motifs is 1. The van der Waals surface area contributed by atoms with Gasteiger partial charge in [0.1, 0.15) is 42.3 Å². The number of nitrogens with zero attached hydrogens (tertiary/aromatic N) is 4. The van der Waals surface area contributed by atoms with Crippen LogP contribution in [0.3, 0.4) is 0 Å². The first kappa shape index (κ1) is 49.1. The van der Waals surface area contributed by atoms with E-state index >= 15 is 0 Å². The van der Waals surface area contributed by atoms with Crippen molar-refractivity contribution < 1.29 is 47.7 Å². The Bertz CT molecular complexity index is 1880. The highest BCUT2D eigenvalue weighted by Crippen LogP contribution is 2.46. The summed E-state index contributed by atoms with van der Waals surface area (Å²) in [5.74, 6) is 0.407. The summed E-state index contributed by atoms with van der Waals surface area (Å²) in [6, 6.07) is 12.2. The van der Waals surface area contributed by atoms with Gasteiger partial charge in [0.15, 0.2) is 0 Å². The van der Waals surface area contributed by atoms with Crippen LogP contribution >= 0.6 is 7.82 Å². The Morgan fingerprint density at radius 3 is 2.17 bits per heavy atom. The number of hydrogen-bond donors (Lipinski definition) is 4. The lowest BCUT2D eigenvalue weighted by atomic mass is 9.92. The van der Waals surface area contributed by atoms with Gasteiger partial charge in [0.25, 0.3) is 0 Å². The van der Waals surface area contributed by atoms with Crippen molar-refractivity contribution in [1.29, 1.82) is 10.5 Å². The number of rotatable bonds is 30. The zero-order valence-corrected chi connectivity index (χ0v) is 36.5. The summed E-state index contributed by atoms with van der Waals surface area (Å²) in [6.45, 7) is 3.59. The SMILES string of the molecule is CCCCCCCCCCCCCCCCCCOC[C@H](COP(=O)(O)OC[C@H]1O[C@@](C#N)(c2ccc3c(N)ccnn23)[C@H](O)[C@@H]1O)OCc1cc(C)c(C#N)c(OC)c1. The number of hydrogen-bond acceptors (Lipinski definition) is 13. The highest BCUT2D eigenvalue weighted by atomic mass is 31.2. The summed E-state index contributed by atoms with van der Waals surface area (Å²) in [6.07, 6.45) is 16.1. The topological polar surface area (TPSA) is 224 Å². The number of phosphoric ester groups is 1.